The molecule has 172 valence electrons. The van der Waals surface area contributed by atoms with Crippen LogP contribution in [0.4, 0.5) is 0 Å². The molecular weight excluding hydrogens is 466 g/mol. The zero-order chi connectivity index (χ0) is 23.1. The van der Waals surface area contributed by atoms with Gasteiger partial charge in [0.15, 0.2) is 5.16 Å². The van der Waals surface area contributed by atoms with E-state index in [2.05, 4.69) is 9.97 Å². The molecule has 5 aromatic rings. The van der Waals surface area contributed by atoms with Crippen LogP contribution in [0.25, 0.3) is 21.7 Å². The molecule has 0 N–H and O–H groups in total. The summed E-state index contributed by atoms with van der Waals surface area (Å²) in [5.74, 6) is 2.03. The monoisotopic (exact) mass is 489 g/mol. The van der Waals surface area contributed by atoms with Crippen LogP contribution >= 0.6 is 23.1 Å². The molecule has 4 heterocycles. The van der Waals surface area contributed by atoms with E-state index in [-0.39, 0.29) is 5.56 Å². The Labute approximate surface area is 204 Å². The lowest BCUT2D eigenvalue weighted by Crippen LogP contribution is -2.22. The number of thiophene rings is 1. The number of thioether (sulfide) groups is 1. The number of ether oxygens (including phenoxy) is 1. The maximum Gasteiger partial charge on any atom is 0.267 e. The molecule has 6 rings (SSSR count). The van der Waals surface area contributed by atoms with Gasteiger partial charge in [0.05, 0.1) is 23.4 Å². The van der Waals surface area contributed by atoms with E-state index in [4.69, 9.17) is 9.72 Å². The second-order valence-electron chi connectivity index (χ2n) is 8.20. The van der Waals surface area contributed by atoms with Crippen molar-refractivity contribution in [3.8, 4) is 11.4 Å². The number of benzene rings is 1. The summed E-state index contributed by atoms with van der Waals surface area (Å²) < 4.78 is 9.25. The maximum absolute atomic E-state index is 13.9. The van der Waals surface area contributed by atoms with Crippen LogP contribution in [-0.2, 0) is 18.6 Å². The van der Waals surface area contributed by atoms with Crippen LogP contribution in [0.5, 0.6) is 5.75 Å². The molecule has 0 radical (unpaired) electrons. The van der Waals surface area contributed by atoms with Gasteiger partial charge in [-0.15, -0.1) is 11.3 Å². The van der Waals surface area contributed by atoms with E-state index in [0.717, 1.165) is 46.6 Å². The molecule has 0 bridgehead atoms. The van der Waals surface area contributed by atoms with Gasteiger partial charge in [0, 0.05) is 29.2 Å². The fourth-order valence-corrected chi connectivity index (χ4v) is 6.66. The largest absolute Gasteiger partial charge is 0.494 e. The Morgan fingerprint density at radius 3 is 2.82 bits per heavy atom. The standard InChI is InChI=1S/C25H23N5O2S2/c1-2-32-18-10-8-17(9-11-18)30-23(31)21-19-6-3-4-7-20(19)34-22(21)28-25(30)33-15-16-14-29-13-5-12-26-24(29)27-16/h5,8-14H,2-4,6-7,15H2,1H3. The molecule has 0 spiro atoms. The van der Waals surface area contributed by atoms with Crippen molar-refractivity contribution in [2.75, 3.05) is 6.61 Å². The summed E-state index contributed by atoms with van der Waals surface area (Å²) in [5, 5.41) is 1.46. The quantitative estimate of drug-likeness (QED) is 0.245. The summed E-state index contributed by atoms with van der Waals surface area (Å²) >= 11 is 3.20. The molecule has 0 saturated carbocycles. The van der Waals surface area contributed by atoms with Crippen molar-refractivity contribution in [2.24, 2.45) is 0 Å². The average Bonchev–Trinajstić information content (AvgIpc) is 3.44. The third-order valence-corrected chi connectivity index (χ3v) is 8.16. The van der Waals surface area contributed by atoms with Crippen molar-refractivity contribution in [3.05, 3.63) is 75.4 Å². The summed E-state index contributed by atoms with van der Waals surface area (Å²) in [6, 6.07) is 9.54. The molecule has 9 heteroatoms. The minimum Gasteiger partial charge on any atom is -0.494 e. The Kier molecular flexibility index (Phi) is 5.58. The smallest absolute Gasteiger partial charge is 0.267 e. The van der Waals surface area contributed by atoms with Crippen molar-refractivity contribution in [1.82, 2.24) is 23.9 Å². The lowest BCUT2D eigenvalue weighted by atomic mass is 9.97. The van der Waals surface area contributed by atoms with Crippen LogP contribution in [0, 0.1) is 0 Å². The Bertz CT molecular complexity index is 1520. The van der Waals surface area contributed by atoms with E-state index < -0.39 is 0 Å². The number of rotatable bonds is 6. The molecule has 1 aliphatic rings. The van der Waals surface area contributed by atoms with Gasteiger partial charge in [0.2, 0.25) is 5.78 Å². The van der Waals surface area contributed by atoms with Gasteiger partial charge in [-0.25, -0.2) is 15.0 Å². The van der Waals surface area contributed by atoms with E-state index in [9.17, 15) is 4.79 Å². The fourth-order valence-electron chi connectivity index (χ4n) is 4.46. The summed E-state index contributed by atoms with van der Waals surface area (Å²) in [5.41, 5.74) is 2.89. The SMILES string of the molecule is CCOc1ccc(-n2c(SCc3cn4cccnc4n3)nc3sc4c(c3c2=O)CCCC4)cc1. The van der Waals surface area contributed by atoms with Crippen LogP contribution in [0.15, 0.2) is 58.9 Å². The van der Waals surface area contributed by atoms with E-state index in [0.29, 0.717) is 23.3 Å². The molecule has 0 fully saturated rings. The third-order valence-electron chi connectivity index (χ3n) is 6.00. The van der Waals surface area contributed by atoms with Crippen molar-refractivity contribution in [3.63, 3.8) is 0 Å². The van der Waals surface area contributed by atoms with Crippen molar-refractivity contribution in [2.45, 2.75) is 43.5 Å². The van der Waals surface area contributed by atoms with Gasteiger partial charge < -0.3 is 4.74 Å². The second kappa shape index (κ2) is 8.88. The molecule has 1 aliphatic carbocycles. The van der Waals surface area contributed by atoms with Gasteiger partial charge in [-0.2, -0.15) is 0 Å². The zero-order valence-corrected chi connectivity index (χ0v) is 20.4. The molecule has 4 aromatic heterocycles. The van der Waals surface area contributed by atoms with Gasteiger partial charge in [-0.3, -0.25) is 13.8 Å². The molecule has 1 aromatic carbocycles. The number of hydrogen-bond donors (Lipinski definition) is 0. The summed E-state index contributed by atoms with van der Waals surface area (Å²) in [7, 11) is 0. The first-order valence-corrected chi connectivity index (χ1v) is 13.2. The number of nitrogens with zero attached hydrogens (tertiary/aromatic N) is 5. The second-order valence-corrected chi connectivity index (χ2v) is 10.2. The number of fused-ring (bicyclic) bond motifs is 4. The molecule has 34 heavy (non-hydrogen) atoms. The van der Waals surface area contributed by atoms with E-state index in [1.165, 1.54) is 28.6 Å². The Morgan fingerprint density at radius 2 is 2.00 bits per heavy atom. The fraction of sp³-hybridized carbons (Fsp3) is 0.280. The highest BCUT2D eigenvalue weighted by atomic mass is 32.2. The molecule has 7 nitrogen and oxygen atoms in total. The van der Waals surface area contributed by atoms with Gasteiger partial charge in [0.1, 0.15) is 10.6 Å². The van der Waals surface area contributed by atoms with Crippen LogP contribution in [-0.4, -0.2) is 30.5 Å². The first-order valence-electron chi connectivity index (χ1n) is 11.4. The zero-order valence-electron chi connectivity index (χ0n) is 18.7. The van der Waals surface area contributed by atoms with Gasteiger partial charge in [-0.05, 0) is 68.5 Å². The van der Waals surface area contributed by atoms with Crippen LogP contribution in [0.3, 0.4) is 0 Å². The number of hydrogen-bond acceptors (Lipinski definition) is 7. The van der Waals surface area contributed by atoms with Crippen molar-refractivity contribution >= 4 is 39.1 Å². The number of imidazole rings is 1. The summed E-state index contributed by atoms with van der Waals surface area (Å²) in [4.78, 5) is 30.0. The molecule has 0 amide bonds. The molecular formula is C25H23N5O2S2. The normalized spacial score (nSPS) is 13.4. The summed E-state index contributed by atoms with van der Waals surface area (Å²) in [6.45, 7) is 2.56. The average molecular weight is 490 g/mol. The number of aryl methyl sites for hydroxylation is 2. The molecule has 0 unspecified atom stereocenters. The van der Waals surface area contributed by atoms with Gasteiger partial charge >= 0.3 is 0 Å². The first-order chi connectivity index (χ1) is 16.7. The van der Waals surface area contributed by atoms with Crippen LogP contribution < -0.4 is 10.3 Å². The maximum atomic E-state index is 13.9. The van der Waals surface area contributed by atoms with E-state index >= 15 is 0 Å². The first kappa shape index (κ1) is 21.4. The highest BCUT2D eigenvalue weighted by Crippen LogP contribution is 2.35. The van der Waals surface area contributed by atoms with Crippen LogP contribution in [0.1, 0.15) is 35.9 Å². The minimum atomic E-state index is 0.00716. The molecule has 0 aliphatic heterocycles. The summed E-state index contributed by atoms with van der Waals surface area (Å²) in [6.07, 6.45) is 9.93. The molecule has 0 atom stereocenters. The minimum absolute atomic E-state index is 0.00716. The number of aromatic nitrogens is 5. The Hall–Kier alpha value is -3.17. The van der Waals surface area contributed by atoms with Crippen molar-refractivity contribution in [1.29, 1.82) is 0 Å². The molecule has 0 saturated heterocycles. The Morgan fingerprint density at radius 1 is 1.15 bits per heavy atom. The third kappa shape index (κ3) is 3.78. The lowest BCUT2D eigenvalue weighted by Gasteiger charge is -2.14. The Balaban J connectivity index is 1.45. The van der Waals surface area contributed by atoms with Gasteiger partial charge in [-0.1, -0.05) is 11.8 Å². The topological polar surface area (TPSA) is 74.3 Å². The highest BCUT2D eigenvalue weighted by Gasteiger charge is 2.23. The van der Waals surface area contributed by atoms with E-state index in [1.807, 2.05) is 54.0 Å². The highest BCUT2D eigenvalue weighted by molar-refractivity contribution is 7.98. The van der Waals surface area contributed by atoms with E-state index in [1.54, 1.807) is 22.1 Å². The van der Waals surface area contributed by atoms with Crippen LogP contribution in [0.2, 0.25) is 0 Å². The predicted molar refractivity (Wildman–Crippen MR) is 136 cm³/mol. The predicted octanol–water partition coefficient (Wildman–Crippen LogP) is 5.06. The van der Waals surface area contributed by atoms with Crippen molar-refractivity contribution < 1.29 is 4.74 Å². The lowest BCUT2D eigenvalue weighted by molar-refractivity contribution is 0.340. The van der Waals surface area contributed by atoms with Gasteiger partial charge in [0.25, 0.3) is 5.56 Å².